The van der Waals surface area contributed by atoms with E-state index in [1.54, 1.807) is 0 Å². The van der Waals surface area contributed by atoms with Crippen molar-refractivity contribution in [2.75, 3.05) is 0 Å². The van der Waals surface area contributed by atoms with Gasteiger partial charge in [-0.05, 0) is 74.2 Å². The van der Waals surface area contributed by atoms with E-state index in [2.05, 4.69) is 13.5 Å². The maximum Gasteiger partial charge on any atom is 0.309 e. The van der Waals surface area contributed by atoms with Crippen LogP contribution in [-0.2, 0) is 4.79 Å². The Balaban J connectivity index is 1.83. The Morgan fingerprint density at radius 1 is 1.17 bits per heavy atom. The van der Waals surface area contributed by atoms with Crippen molar-refractivity contribution in [3.05, 3.63) is 12.2 Å². The first-order valence-corrected chi connectivity index (χ1v) is 9.46. The van der Waals surface area contributed by atoms with Crippen LogP contribution >= 0.6 is 0 Å². The van der Waals surface area contributed by atoms with Crippen LogP contribution < -0.4 is 0 Å². The zero-order valence-electron chi connectivity index (χ0n) is 14.8. The molecule has 2 bridgehead atoms. The summed E-state index contributed by atoms with van der Waals surface area (Å²) in [4.78, 5) is 12.1. The first-order chi connectivity index (χ1) is 11.2. The second-order valence-electron chi connectivity index (χ2n) is 9.51. The first-order valence-electron chi connectivity index (χ1n) is 9.46. The lowest BCUT2D eigenvalue weighted by molar-refractivity contribution is -0.225. The van der Waals surface area contributed by atoms with Gasteiger partial charge in [-0.3, -0.25) is 4.79 Å². The Bertz CT molecular complexity index is 600. The molecule has 8 atom stereocenters. The van der Waals surface area contributed by atoms with Crippen molar-refractivity contribution in [3.8, 4) is 0 Å². The predicted molar refractivity (Wildman–Crippen MR) is 90.2 cm³/mol. The minimum absolute atomic E-state index is 0.0282. The molecule has 134 valence electrons. The van der Waals surface area contributed by atoms with Gasteiger partial charge in [0.15, 0.2) is 0 Å². The minimum Gasteiger partial charge on any atom is -0.481 e. The zero-order valence-corrected chi connectivity index (χ0v) is 14.8. The Morgan fingerprint density at radius 3 is 2.54 bits per heavy atom. The van der Waals surface area contributed by atoms with Gasteiger partial charge >= 0.3 is 5.97 Å². The quantitative estimate of drug-likeness (QED) is 0.644. The van der Waals surface area contributed by atoms with Crippen LogP contribution in [-0.4, -0.2) is 33.5 Å². The van der Waals surface area contributed by atoms with E-state index in [0.29, 0.717) is 18.8 Å². The molecule has 0 heterocycles. The highest BCUT2D eigenvalue weighted by atomic mass is 16.4. The smallest absolute Gasteiger partial charge is 0.309 e. The largest absolute Gasteiger partial charge is 0.481 e. The zero-order chi connectivity index (χ0) is 17.5. The third-order valence-electron chi connectivity index (χ3n) is 8.78. The van der Waals surface area contributed by atoms with Crippen molar-refractivity contribution in [2.24, 2.45) is 34.0 Å². The highest BCUT2D eigenvalue weighted by Gasteiger charge is 2.70. The maximum absolute atomic E-state index is 12.1. The van der Waals surface area contributed by atoms with E-state index in [4.69, 9.17) is 0 Å². The maximum atomic E-state index is 12.1. The fourth-order valence-corrected chi connectivity index (χ4v) is 7.55. The summed E-state index contributed by atoms with van der Waals surface area (Å²) in [5.41, 5.74) is -0.494. The molecule has 0 aliphatic heterocycles. The number of rotatable bonds is 1. The van der Waals surface area contributed by atoms with E-state index in [1.165, 1.54) is 0 Å². The van der Waals surface area contributed by atoms with Gasteiger partial charge in [0.05, 0.1) is 17.6 Å². The average Bonchev–Trinajstić information content (AvgIpc) is 2.72. The van der Waals surface area contributed by atoms with Gasteiger partial charge in [-0.1, -0.05) is 19.9 Å². The molecule has 4 aliphatic rings. The van der Waals surface area contributed by atoms with E-state index < -0.39 is 29.0 Å². The standard InChI is InChI=1S/C20H30O4/c1-11-12-5-6-13-18(2)7-4-8-19(3,17(23)24)14(18)9-15(21)20(13,10-12)16(11)22/h12-16,21-22H,1,4-10H2,2-3H3,(H,23,24)/t12-,13+,14+,15+,16-,18+,19+,20-/m1/s1. The summed E-state index contributed by atoms with van der Waals surface area (Å²) in [6, 6.07) is 0. The van der Waals surface area contributed by atoms with Crippen LogP contribution in [0.25, 0.3) is 0 Å². The van der Waals surface area contributed by atoms with E-state index in [-0.39, 0.29) is 17.3 Å². The molecular weight excluding hydrogens is 304 g/mol. The average molecular weight is 334 g/mol. The molecule has 1 spiro atoms. The van der Waals surface area contributed by atoms with Gasteiger partial charge in [-0.2, -0.15) is 0 Å². The Labute approximate surface area is 144 Å². The molecule has 4 aliphatic carbocycles. The van der Waals surface area contributed by atoms with Crippen LogP contribution in [0.5, 0.6) is 0 Å². The minimum atomic E-state index is -0.771. The number of carboxylic acids is 1. The molecule has 4 rings (SSSR count). The third kappa shape index (κ3) is 1.69. The second kappa shape index (κ2) is 4.85. The van der Waals surface area contributed by atoms with Gasteiger partial charge in [-0.25, -0.2) is 0 Å². The number of carboxylic acid groups (broad SMARTS) is 1. The molecule has 0 radical (unpaired) electrons. The Kier molecular flexibility index (Phi) is 3.35. The van der Waals surface area contributed by atoms with Gasteiger partial charge in [0, 0.05) is 5.41 Å². The SMILES string of the molecule is C=C1[C@@H]2CC[C@H]3[C@]4(C)CCC[C@](C)(C(=O)O)[C@H]4C[C@H](O)[C@]3(C2)[C@@H]1O. The fourth-order valence-electron chi connectivity index (χ4n) is 7.55. The number of hydrogen-bond acceptors (Lipinski definition) is 3. The molecule has 4 fully saturated rings. The van der Waals surface area contributed by atoms with Crippen molar-refractivity contribution in [3.63, 3.8) is 0 Å². The van der Waals surface area contributed by atoms with Crippen molar-refractivity contribution in [1.82, 2.24) is 0 Å². The molecule has 4 heteroatoms. The van der Waals surface area contributed by atoms with E-state index in [0.717, 1.165) is 37.7 Å². The van der Waals surface area contributed by atoms with Crippen LogP contribution in [0.2, 0.25) is 0 Å². The van der Waals surface area contributed by atoms with Gasteiger partial charge in [-0.15, -0.1) is 0 Å². The number of aliphatic carboxylic acids is 1. The predicted octanol–water partition coefficient (Wildman–Crippen LogP) is 2.98. The topological polar surface area (TPSA) is 77.8 Å². The lowest BCUT2D eigenvalue weighted by Gasteiger charge is -2.65. The number of carbonyl (C=O) groups is 1. The molecule has 3 N–H and O–H groups in total. The van der Waals surface area contributed by atoms with Crippen molar-refractivity contribution in [1.29, 1.82) is 0 Å². The van der Waals surface area contributed by atoms with Crippen LogP contribution in [0, 0.1) is 34.0 Å². The molecule has 0 unspecified atom stereocenters. The molecular formula is C20H30O4. The van der Waals surface area contributed by atoms with Gasteiger partial charge in [0.25, 0.3) is 0 Å². The molecule has 0 amide bonds. The van der Waals surface area contributed by atoms with Crippen LogP contribution in [0.1, 0.15) is 58.8 Å². The summed E-state index contributed by atoms with van der Waals surface area (Å²) in [6.45, 7) is 8.24. The number of hydrogen-bond donors (Lipinski definition) is 3. The van der Waals surface area contributed by atoms with Crippen LogP contribution in [0.3, 0.4) is 0 Å². The van der Waals surface area contributed by atoms with Gasteiger partial charge in [0.2, 0.25) is 0 Å². The molecule has 0 saturated heterocycles. The Hall–Kier alpha value is -0.870. The Morgan fingerprint density at radius 2 is 1.88 bits per heavy atom. The van der Waals surface area contributed by atoms with Crippen molar-refractivity contribution < 1.29 is 20.1 Å². The summed E-state index contributed by atoms with van der Waals surface area (Å²) < 4.78 is 0. The highest BCUT2D eigenvalue weighted by Crippen LogP contribution is 2.72. The summed E-state index contributed by atoms with van der Waals surface area (Å²) in [5, 5.41) is 32.0. The highest BCUT2D eigenvalue weighted by molar-refractivity contribution is 5.75. The summed E-state index contributed by atoms with van der Waals surface area (Å²) in [6.07, 6.45) is 4.64. The molecule has 0 aromatic carbocycles. The second-order valence-corrected chi connectivity index (χ2v) is 9.51. The monoisotopic (exact) mass is 334 g/mol. The van der Waals surface area contributed by atoms with Crippen LogP contribution in [0.15, 0.2) is 12.2 Å². The lowest BCUT2D eigenvalue weighted by Crippen LogP contribution is -2.65. The van der Waals surface area contributed by atoms with Gasteiger partial charge < -0.3 is 15.3 Å². The van der Waals surface area contributed by atoms with Crippen molar-refractivity contribution in [2.45, 2.75) is 71.0 Å². The summed E-state index contributed by atoms with van der Waals surface area (Å²) in [5.74, 6) is -0.255. The molecule has 4 saturated carbocycles. The lowest BCUT2D eigenvalue weighted by atomic mass is 9.40. The first kappa shape index (κ1) is 16.6. The van der Waals surface area contributed by atoms with Gasteiger partial charge in [0.1, 0.15) is 0 Å². The fraction of sp³-hybridized carbons (Fsp3) is 0.850. The normalized spacial score (nSPS) is 56.5. The molecule has 24 heavy (non-hydrogen) atoms. The van der Waals surface area contributed by atoms with E-state index >= 15 is 0 Å². The van der Waals surface area contributed by atoms with Crippen molar-refractivity contribution >= 4 is 5.97 Å². The molecule has 4 nitrogen and oxygen atoms in total. The van der Waals surface area contributed by atoms with E-state index in [1.807, 2.05) is 6.92 Å². The summed E-state index contributed by atoms with van der Waals surface area (Å²) >= 11 is 0. The number of aliphatic hydroxyl groups excluding tert-OH is 2. The third-order valence-corrected chi connectivity index (χ3v) is 8.78. The number of aliphatic hydroxyl groups is 2. The molecule has 0 aromatic rings. The van der Waals surface area contributed by atoms with Crippen LogP contribution in [0.4, 0.5) is 0 Å². The summed E-state index contributed by atoms with van der Waals surface area (Å²) in [7, 11) is 0. The van der Waals surface area contributed by atoms with E-state index in [9.17, 15) is 20.1 Å². The molecule has 0 aromatic heterocycles. The number of fused-ring (bicyclic) bond motifs is 3.